The molecule has 28 heavy (non-hydrogen) atoms. The largest absolute Gasteiger partial charge is 0.395 e. The monoisotopic (exact) mass is 394 g/mol. The van der Waals surface area contributed by atoms with Crippen LogP contribution in [0.1, 0.15) is 42.4 Å². The van der Waals surface area contributed by atoms with Crippen LogP contribution in [0.25, 0.3) is 0 Å². The average Bonchev–Trinajstić information content (AvgIpc) is 3.09. The number of nitrogens with one attached hydrogen (secondary N) is 2. The third-order valence-corrected chi connectivity index (χ3v) is 5.33. The molecule has 0 saturated heterocycles. The lowest BCUT2D eigenvalue weighted by Crippen LogP contribution is -2.25. The first-order valence-corrected chi connectivity index (χ1v) is 9.64. The van der Waals surface area contributed by atoms with Crippen LogP contribution in [0.5, 0.6) is 0 Å². The lowest BCUT2D eigenvalue weighted by molar-refractivity contribution is 0.0946. The highest BCUT2D eigenvalue weighted by Crippen LogP contribution is 2.22. The molecule has 0 spiro atoms. The number of anilines is 1. The molecule has 0 aliphatic carbocycles. The van der Waals surface area contributed by atoms with Crippen LogP contribution in [0.2, 0.25) is 0 Å². The number of aromatic nitrogens is 1. The zero-order chi connectivity index (χ0) is 20.1. The van der Waals surface area contributed by atoms with Crippen molar-refractivity contribution < 1.29 is 9.59 Å². The van der Waals surface area contributed by atoms with Gasteiger partial charge in [0.2, 0.25) is 0 Å². The highest BCUT2D eigenvalue weighted by molar-refractivity contribution is 7.09. The molecule has 0 saturated carbocycles. The van der Waals surface area contributed by atoms with Crippen molar-refractivity contribution in [2.75, 3.05) is 5.73 Å². The number of nitrogens with zero attached hydrogens (tertiary/aromatic N) is 1. The lowest BCUT2D eigenvalue weighted by atomic mass is 10.1. The number of hydrogen-bond donors (Lipinski definition) is 3. The van der Waals surface area contributed by atoms with Gasteiger partial charge in [0.15, 0.2) is 5.69 Å². The number of carbonyl (C=O) groups is 2. The Morgan fingerprint density at radius 3 is 2.32 bits per heavy atom. The molecule has 0 aliphatic rings. The molecule has 2 amide bonds. The van der Waals surface area contributed by atoms with Crippen LogP contribution >= 0.6 is 11.5 Å². The molecule has 0 radical (unpaired) electrons. The lowest BCUT2D eigenvalue weighted by Gasteiger charge is -2.07. The quantitative estimate of drug-likeness (QED) is 0.598. The van der Waals surface area contributed by atoms with Gasteiger partial charge in [0.25, 0.3) is 11.8 Å². The summed E-state index contributed by atoms with van der Waals surface area (Å²) in [5, 5.41) is 5.60. The maximum atomic E-state index is 12.5. The first-order valence-electron chi connectivity index (χ1n) is 8.87. The van der Waals surface area contributed by atoms with Crippen LogP contribution in [0.15, 0.2) is 48.5 Å². The molecular formula is C21H22N4O2S. The molecule has 144 valence electrons. The van der Waals surface area contributed by atoms with E-state index in [9.17, 15) is 9.59 Å². The molecule has 1 aromatic heterocycles. The van der Waals surface area contributed by atoms with Crippen LogP contribution in [0.3, 0.4) is 0 Å². The fourth-order valence-corrected chi connectivity index (χ4v) is 3.38. The van der Waals surface area contributed by atoms with Gasteiger partial charge >= 0.3 is 0 Å². The molecule has 6 nitrogen and oxygen atoms in total. The molecule has 1 heterocycles. The van der Waals surface area contributed by atoms with E-state index in [1.54, 1.807) is 0 Å². The molecule has 0 bridgehead atoms. The Hall–Kier alpha value is -3.19. The van der Waals surface area contributed by atoms with Crippen LogP contribution in [0.4, 0.5) is 5.69 Å². The second kappa shape index (κ2) is 8.67. The van der Waals surface area contributed by atoms with E-state index in [4.69, 9.17) is 5.73 Å². The van der Waals surface area contributed by atoms with Crippen molar-refractivity contribution in [1.82, 2.24) is 15.0 Å². The number of hydrogen-bond acceptors (Lipinski definition) is 5. The Balaban J connectivity index is 1.62. The van der Waals surface area contributed by atoms with Gasteiger partial charge in [-0.25, -0.2) is 0 Å². The standard InChI is InChI=1S/C21H22N4O2S/c1-13-8-9-16(10-14(13)2)12-24-21(27)19-17(22)18(25-28-19)20(26)23-11-15-6-4-3-5-7-15/h3-10H,11-12,22H2,1-2H3,(H,23,26)(H,24,27). The predicted octanol–water partition coefficient (Wildman–Crippen LogP) is 3.20. The molecule has 0 unspecified atom stereocenters. The first kappa shape index (κ1) is 19.6. The van der Waals surface area contributed by atoms with Crippen LogP contribution < -0.4 is 16.4 Å². The maximum absolute atomic E-state index is 12.5. The minimum absolute atomic E-state index is 0.0808. The molecule has 2 aromatic carbocycles. The number of nitrogens with two attached hydrogens (primary N) is 1. The van der Waals surface area contributed by atoms with Gasteiger partial charge < -0.3 is 16.4 Å². The minimum Gasteiger partial charge on any atom is -0.395 e. The summed E-state index contributed by atoms with van der Waals surface area (Å²) >= 11 is 0.927. The van der Waals surface area contributed by atoms with Crippen molar-refractivity contribution in [3.8, 4) is 0 Å². The summed E-state index contributed by atoms with van der Waals surface area (Å²) in [6.45, 7) is 4.82. The summed E-state index contributed by atoms with van der Waals surface area (Å²) in [7, 11) is 0. The van der Waals surface area contributed by atoms with E-state index in [1.165, 1.54) is 11.1 Å². The molecule has 3 rings (SSSR count). The number of nitrogen functional groups attached to an aromatic ring is 1. The highest BCUT2D eigenvalue weighted by Gasteiger charge is 2.21. The summed E-state index contributed by atoms with van der Waals surface area (Å²) in [6.07, 6.45) is 0. The summed E-state index contributed by atoms with van der Waals surface area (Å²) in [5.74, 6) is -0.735. The van der Waals surface area contributed by atoms with E-state index in [1.807, 2.05) is 62.4 Å². The van der Waals surface area contributed by atoms with Crippen molar-refractivity contribution >= 4 is 29.0 Å². The van der Waals surface area contributed by atoms with Crippen molar-refractivity contribution in [2.24, 2.45) is 0 Å². The van der Waals surface area contributed by atoms with Gasteiger partial charge in [-0.3, -0.25) is 9.59 Å². The Morgan fingerprint density at radius 2 is 1.61 bits per heavy atom. The Kier molecular flexibility index (Phi) is 6.06. The Morgan fingerprint density at radius 1 is 0.929 bits per heavy atom. The van der Waals surface area contributed by atoms with E-state index in [0.29, 0.717) is 13.1 Å². The zero-order valence-corrected chi connectivity index (χ0v) is 16.6. The van der Waals surface area contributed by atoms with E-state index < -0.39 is 5.91 Å². The normalized spacial score (nSPS) is 10.5. The third-order valence-electron chi connectivity index (χ3n) is 4.47. The van der Waals surface area contributed by atoms with Crippen LogP contribution in [0, 0.1) is 13.8 Å². The van der Waals surface area contributed by atoms with E-state index in [-0.39, 0.29) is 22.2 Å². The summed E-state index contributed by atoms with van der Waals surface area (Å²) in [6, 6.07) is 15.6. The smallest absolute Gasteiger partial charge is 0.273 e. The highest BCUT2D eigenvalue weighted by atomic mass is 32.1. The van der Waals surface area contributed by atoms with Gasteiger partial charge in [0.1, 0.15) is 4.88 Å². The van der Waals surface area contributed by atoms with Gasteiger partial charge in [-0.2, -0.15) is 4.37 Å². The maximum Gasteiger partial charge on any atom is 0.273 e. The first-order chi connectivity index (χ1) is 13.5. The van der Waals surface area contributed by atoms with Gasteiger partial charge in [-0.05, 0) is 47.6 Å². The fourth-order valence-electron chi connectivity index (χ4n) is 2.66. The topological polar surface area (TPSA) is 97.1 Å². The minimum atomic E-state index is -0.397. The number of aryl methyl sites for hydroxylation is 2. The molecular weight excluding hydrogens is 372 g/mol. The van der Waals surface area contributed by atoms with E-state index in [2.05, 4.69) is 15.0 Å². The van der Waals surface area contributed by atoms with Crippen molar-refractivity contribution in [2.45, 2.75) is 26.9 Å². The predicted molar refractivity (Wildman–Crippen MR) is 111 cm³/mol. The summed E-state index contributed by atoms with van der Waals surface area (Å²) in [5.41, 5.74) is 10.5. The fraction of sp³-hybridized carbons (Fsp3) is 0.190. The Labute approximate surface area is 167 Å². The number of rotatable bonds is 6. The number of amides is 2. The molecule has 0 aliphatic heterocycles. The molecule has 0 fully saturated rings. The molecule has 3 aromatic rings. The van der Waals surface area contributed by atoms with Crippen molar-refractivity contribution in [3.63, 3.8) is 0 Å². The van der Waals surface area contributed by atoms with Gasteiger partial charge in [-0.15, -0.1) is 0 Å². The van der Waals surface area contributed by atoms with Gasteiger partial charge in [-0.1, -0.05) is 48.5 Å². The zero-order valence-electron chi connectivity index (χ0n) is 15.8. The van der Waals surface area contributed by atoms with Crippen LogP contribution in [-0.4, -0.2) is 16.2 Å². The second-order valence-electron chi connectivity index (χ2n) is 6.54. The van der Waals surface area contributed by atoms with E-state index >= 15 is 0 Å². The summed E-state index contributed by atoms with van der Waals surface area (Å²) < 4.78 is 4.07. The van der Waals surface area contributed by atoms with Crippen molar-refractivity contribution in [1.29, 1.82) is 0 Å². The van der Waals surface area contributed by atoms with Gasteiger partial charge in [0, 0.05) is 13.1 Å². The number of carbonyl (C=O) groups excluding carboxylic acids is 2. The van der Waals surface area contributed by atoms with Gasteiger partial charge in [0.05, 0.1) is 5.69 Å². The molecule has 7 heteroatoms. The average molecular weight is 395 g/mol. The Bertz CT molecular complexity index is 999. The number of benzene rings is 2. The third kappa shape index (κ3) is 4.55. The second-order valence-corrected chi connectivity index (χ2v) is 7.32. The molecule has 0 atom stereocenters. The molecule has 4 N–H and O–H groups in total. The van der Waals surface area contributed by atoms with Crippen molar-refractivity contribution in [3.05, 3.63) is 81.4 Å². The summed E-state index contributed by atoms with van der Waals surface area (Å²) in [4.78, 5) is 25.0. The van der Waals surface area contributed by atoms with Crippen LogP contribution in [-0.2, 0) is 13.1 Å². The SMILES string of the molecule is Cc1ccc(CNC(=O)c2snc(C(=O)NCc3ccccc3)c2N)cc1C. The van der Waals surface area contributed by atoms with E-state index in [0.717, 1.165) is 22.7 Å².